The molecule has 0 bridgehead atoms. The molecule has 1 aromatic rings. The normalized spacial score (nSPS) is 17.3. The molecule has 0 fully saturated rings. The maximum atomic E-state index is 11.8. The number of benzene rings is 1. The van der Waals surface area contributed by atoms with Crippen molar-refractivity contribution in [2.75, 3.05) is 11.4 Å². The SMILES string of the molecule is CCCN1C(=O)/C(=N\O)c2ccccc21. The summed E-state index contributed by atoms with van der Waals surface area (Å²) in [5.41, 5.74) is 1.68. The minimum atomic E-state index is -0.222. The Hall–Kier alpha value is -1.84. The van der Waals surface area contributed by atoms with E-state index in [1.807, 2.05) is 25.1 Å². The number of amides is 1. The van der Waals surface area contributed by atoms with Crippen LogP contribution in [0.25, 0.3) is 0 Å². The topological polar surface area (TPSA) is 52.9 Å². The fraction of sp³-hybridized carbons (Fsp3) is 0.273. The number of carbonyl (C=O) groups excluding carboxylic acids is 1. The van der Waals surface area contributed by atoms with Gasteiger partial charge in [-0.1, -0.05) is 30.3 Å². The van der Waals surface area contributed by atoms with Crippen molar-refractivity contribution < 1.29 is 10.0 Å². The van der Waals surface area contributed by atoms with Gasteiger partial charge in [-0.15, -0.1) is 0 Å². The monoisotopic (exact) mass is 204 g/mol. The highest BCUT2D eigenvalue weighted by molar-refractivity contribution is 6.54. The number of carbonyl (C=O) groups is 1. The van der Waals surface area contributed by atoms with Gasteiger partial charge in [0.2, 0.25) is 0 Å². The van der Waals surface area contributed by atoms with Crippen LogP contribution in [0.5, 0.6) is 0 Å². The highest BCUT2D eigenvalue weighted by Gasteiger charge is 2.33. The van der Waals surface area contributed by atoms with Gasteiger partial charge in [0.05, 0.1) is 5.69 Å². The van der Waals surface area contributed by atoms with Gasteiger partial charge in [-0.2, -0.15) is 0 Å². The van der Waals surface area contributed by atoms with Crippen LogP contribution in [-0.2, 0) is 4.79 Å². The molecular formula is C11H12N2O2. The number of nitrogens with zero attached hydrogens (tertiary/aromatic N) is 2. The zero-order valence-corrected chi connectivity index (χ0v) is 8.47. The average Bonchev–Trinajstić information content (AvgIpc) is 2.53. The van der Waals surface area contributed by atoms with Gasteiger partial charge >= 0.3 is 0 Å². The molecule has 0 spiro atoms. The van der Waals surface area contributed by atoms with Crippen molar-refractivity contribution in [1.29, 1.82) is 0 Å². The van der Waals surface area contributed by atoms with Crippen molar-refractivity contribution in [3.05, 3.63) is 29.8 Å². The number of hydrogen-bond donors (Lipinski definition) is 1. The molecule has 4 heteroatoms. The average molecular weight is 204 g/mol. The van der Waals surface area contributed by atoms with Gasteiger partial charge in [0.1, 0.15) is 0 Å². The van der Waals surface area contributed by atoms with Gasteiger partial charge in [0, 0.05) is 12.1 Å². The van der Waals surface area contributed by atoms with Crippen LogP contribution in [0.4, 0.5) is 5.69 Å². The van der Waals surface area contributed by atoms with E-state index in [-0.39, 0.29) is 11.6 Å². The van der Waals surface area contributed by atoms with E-state index in [2.05, 4.69) is 5.16 Å². The second kappa shape index (κ2) is 3.73. The first-order valence-corrected chi connectivity index (χ1v) is 4.93. The molecule has 0 saturated heterocycles. The van der Waals surface area contributed by atoms with E-state index >= 15 is 0 Å². The van der Waals surface area contributed by atoms with Crippen LogP contribution in [0.15, 0.2) is 29.4 Å². The predicted octanol–water partition coefficient (Wildman–Crippen LogP) is 1.62. The lowest BCUT2D eigenvalue weighted by molar-refractivity contribution is -0.112. The van der Waals surface area contributed by atoms with Gasteiger partial charge in [-0.05, 0) is 12.5 Å². The Morgan fingerprint density at radius 3 is 2.80 bits per heavy atom. The summed E-state index contributed by atoms with van der Waals surface area (Å²) < 4.78 is 0. The molecule has 2 rings (SSSR count). The number of rotatable bonds is 2. The van der Waals surface area contributed by atoms with Crippen molar-refractivity contribution in [3.63, 3.8) is 0 Å². The number of fused-ring (bicyclic) bond motifs is 1. The van der Waals surface area contributed by atoms with E-state index in [1.54, 1.807) is 11.0 Å². The molecule has 0 radical (unpaired) electrons. The summed E-state index contributed by atoms with van der Waals surface area (Å²) in [6, 6.07) is 7.35. The number of oxime groups is 1. The van der Waals surface area contributed by atoms with E-state index in [4.69, 9.17) is 5.21 Å². The lowest BCUT2D eigenvalue weighted by atomic mass is 10.1. The first kappa shape index (κ1) is 9.71. The van der Waals surface area contributed by atoms with Gasteiger partial charge in [-0.25, -0.2) is 0 Å². The molecule has 0 aliphatic carbocycles. The molecule has 78 valence electrons. The Balaban J connectivity index is 2.51. The number of para-hydroxylation sites is 1. The maximum absolute atomic E-state index is 11.8. The Morgan fingerprint density at radius 2 is 2.13 bits per heavy atom. The Morgan fingerprint density at radius 1 is 1.40 bits per heavy atom. The molecule has 1 heterocycles. The highest BCUT2D eigenvalue weighted by Crippen LogP contribution is 2.28. The highest BCUT2D eigenvalue weighted by atomic mass is 16.4. The molecule has 1 aliphatic rings. The third-order valence-corrected chi connectivity index (χ3v) is 2.44. The molecule has 1 N–H and O–H groups in total. The first-order chi connectivity index (χ1) is 7.29. The Kier molecular flexibility index (Phi) is 2.41. The van der Waals surface area contributed by atoms with Gasteiger partial charge in [0.15, 0.2) is 5.71 Å². The van der Waals surface area contributed by atoms with Gasteiger partial charge in [-0.3, -0.25) is 4.79 Å². The quantitative estimate of drug-likeness (QED) is 0.588. The van der Waals surface area contributed by atoms with Crippen molar-refractivity contribution in [2.24, 2.45) is 5.16 Å². The van der Waals surface area contributed by atoms with Gasteiger partial charge in [0.25, 0.3) is 5.91 Å². The van der Waals surface area contributed by atoms with Crippen LogP contribution < -0.4 is 4.90 Å². The predicted molar refractivity (Wildman–Crippen MR) is 57.4 cm³/mol. The third-order valence-electron chi connectivity index (χ3n) is 2.44. The third kappa shape index (κ3) is 1.38. The summed E-state index contributed by atoms with van der Waals surface area (Å²) in [4.78, 5) is 13.5. The summed E-state index contributed by atoms with van der Waals surface area (Å²) >= 11 is 0. The van der Waals surface area contributed by atoms with E-state index in [0.29, 0.717) is 12.1 Å². The molecule has 0 aromatic heterocycles. The summed E-state index contributed by atoms with van der Waals surface area (Å²) in [7, 11) is 0. The van der Waals surface area contributed by atoms with Crippen molar-refractivity contribution in [2.45, 2.75) is 13.3 Å². The largest absolute Gasteiger partial charge is 0.410 e. The fourth-order valence-electron chi connectivity index (χ4n) is 1.80. The molecule has 0 saturated carbocycles. The summed E-state index contributed by atoms with van der Waals surface area (Å²) in [5.74, 6) is -0.222. The van der Waals surface area contributed by atoms with Crippen LogP contribution in [0.3, 0.4) is 0 Å². The standard InChI is InChI=1S/C11H12N2O2/c1-2-7-13-9-6-4-3-5-8(9)10(12-15)11(13)14/h3-6,15H,2,7H2,1H3/b12-10-. The van der Waals surface area contributed by atoms with E-state index < -0.39 is 0 Å². The maximum Gasteiger partial charge on any atom is 0.281 e. The second-order valence-corrected chi connectivity index (χ2v) is 3.42. The van der Waals surface area contributed by atoms with Crippen LogP contribution >= 0.6 is 0 Å². The van der Waals surface area contributed by atoms with Crippen LogP contribution in [0.1, 0.15) is 18.9 Å². The fourth-order valence-corrected chi connectivity index (χ4v) is 1.80. The molecule has 1 amide bonds. The molecule has 0 atom stereocenters. The number of hydrogen-bond acceptors (Lipinski definition) is 3. The van der Waals surface area contributed by atoms with Crippen molar-refractivity contribution >= 4 is 17.3 Å². The second-order valence-electron chi connectivity index (χ2n) is 3.42. The van der Waals surface area contributed by atoms with E-state index in [9.17, 15) is 4.79 Å². The minimum Gasteiger partial charge on any atom is -0.410 e. The molecule has 0 unspecified atom stereocenters. The van der Waals surface area contributed by atoms with Crippen molar-refractivity contribution in [3.8, 4) is 0 Å². The molecule has 4 nitrogen and oxygen atoms in total. The summed E-state index contributed by atoms with van der Waals surface area (Å²) in [5, 5.41) is 11.9. The lowest BCUT2D eigenvalue weighted by Gasteiger charge is -2.14. The van der Waals surface area contributed by atoms with E-state index in [1.165, 1.54) is 0 Å². The molecular weight excluding hydrogens is 192 g/mol. The summed E-state index contributed by atoms with van der Waals surface area (Å²) in [6.45, 7) is 2.65. The molecule has 15 heavy (non-hydrogen) atoms. The lowest BCUT2D eigenvalue weighted by Crippen LogP contribution is -2.30. The van der Waals surface area contributed by atoms with Gasteiger partial charge < -0.3 is 10.1 Å². The van der Waals surface area contributed by atoms with Crippen molar-refractivity contribution in [1.82, 2.24) is 0 Å². The first-order valence-electron chi connectivity index (χ1n) is 4.93. The van der Waals surface area contributed by atoms with Crippen LogP contribution in [0.2, 0.25) is 0 Å². The zero-order valence-electron chi connectivity index (χ0n) is 8.47. The number of anilines is 1. The minimum absolute atomic E-state index is 0.138. The zero-order chi connectivity index (χ0) is 10.8. The van der Waals surface area contributed by atoms with Crippen LogP contribution in [-0.4, -0.2) is 23.4 Å². The smallest absolute Gasteiger partial charge is 0.281 e. The van der Waals surface area contributed by atoms with E-state index in [0.717, 1.165) is 12.1 Å². The Labute approximate surface area is 87.8 Å². The van der Waals surface area contributed by atoms with Crippen LogP contribution in [0, 0.1) is 0 Å². The summed E-state index contributed by atoms with van der Waals surface area (Å²) in [6.07, 6.45) is 0.874. The molecule has 1 aromatic carbocycles. The Bertz CT molecular complexity index is 426. The molecule has 1 aliphatic heterocycles.